The maximum absolute atomic E-state index is 13.6. The van der Waals surface area contributed by atoms with Crippen LogP contribution in [0.1, 0.15) is 25.0 Å². The normalized spacial score (nSPS) is 11.9. The van der Waals surface area contributed by atoms with E-state index in [2.05, 4.69) is 60.7 Å². The maximum atomic E-state index is 13.6. The average Bonchev–Trinajstić information content (AvgIpc) is 2.91. The van der Waals surface area contributed by atoms with Crippen molar-refractivity contribution >= 4 is 54.7 Å². The second-order valence-corrected chi connectivity index (χ2v) is 10.1. The number of ketones is 2. The Kier molecular flexibility index (Phi) is 5.61. The van der Waals surface area contributed by atoms with Crippen molar-refractivity contribution in [3.63, 3.8) is 0 Å². The number of hydrogen-bond donors (Lipinski definition) is 0. The molecular weight excluding hydrogens is 452 g/mol. The number of rotatable bonds is 6. The minimum atomic E-state index is -1.18. The lowest BCUT2D eigenvalue weighted by molar-refractivity contribution is -0.138. The molecule has 0 spiro atoms. The highest BCUT2D eigenvalue weighted by Crippen LogP contribution is 2.40. The van der Waals surface area contributed by atoms with Gasteiger partial charge >= 0.3 is 0 Å². The topological polar surface area (TPSA) is 34.1 Å². The summed E-state index contributed by atoms with van der Waals surface area (Å²) in [6, 6.07) is 37.5. The molecule has 0 saturated heterocycles. The molecule has 180 valence electrons. The van der Waals surface area contributed by atoms with Crippen molar-refractivity contribution in [1.29, 1.82) is 0 Å². The third-order valence-electron chi connectivity index (χ3n) is 8.07. The van der Waals surface area contributed by atoms with Crippen LogP contribution in [-0.2, 0) is 22.4 Å². The standard InChI is InChI=1S/C35H28O2/c1-23(36)35(24(2)37,21-33-29-15-7-3-11-25(29)19-26-12-4-8-16-30(26)33)22-34-31-17-9-5-13-27(31)20-28-14-6-10-18-32(28)34/h3-20H,21-22H2,1-2H3. The summed E-state index contributed by atoms with van der Waals surface area (Å²) in [5, 5.41) is 8.85. The lowest BCUT2D eigenvalue weighted by Gasteiger charge is -2.31. The fraction of sp³-hybridized carbons (Fsp3) is 0.143. The largest absolute Gasteiger partial charge is 0.299 e. The van der Waals surface area contributed by atoms with Gasteiger partial charge in [0.2, 0.25) is 0 Å². The monoisotopic (exact) mass is 480 g/mol. The zero-order valence-corrected chi connectivity index (χ0v) is 21.1. The molecule has 2 nitrogen and oxygen atoms in total. The molecule has 0 heterocycles. The first kappa shape index (κ1) is 23.1. The van der Waals surface area contributed by atoms with Gasteiger partial charge in [-0.05, 0) is 93.0 Å². The lowest BCUT2D eigenvalue weighted by atomic mass is 9.69. The molecular formula is C35H28O2. The SMILES string of the molecule is CC(=O)C(Cc1c2ccccc2cc2ccccc12)(Cc1c2ccccc2cc2ccccc12)C(C)=O. The first-order valence-corrected chi connectivity index (χ1v) is 12.8. The van der Waals surface area contributed by atoms with Gasteiger partial charge in [0.05, 0.1) is 5.41 Å². The molecule has 0 unspecified atom stereocenters. The Morgan fingerprint density at radius 3 is 1.03 bits per heavy atom. The van der Waals surface area contributed by atoms with Gasteiger partial charge in [-0.2, -0.15) is 0 Å². The Labute approximate surface area is 216 Å². The molecule has 37 heavy (non-hydrogen) atoms. The third kappa shape index (κ3) is 3.81. The minimum absolute atomic E-state index is 0.0889. The molecule has 0 aliphatic rings. The van der Waals surface area contributed by atoms with Crippen LogP contribution in [0.25, 0.3) is 43.1 Å². The van der Waals surface area contributed by atoms with Crippen LogP contribution in [0, 0.1) is 5.41 Å². The van der Waals surface area contributed by atoms with Crippen LogP contribution in [0.15, 0.2) is 109 Å². The van der Waals surface area contributed by atoms with Gasteiger partial charge in [0.1, 0.15) is 11.6 Å². The van der Waals surface area contributed by atoms with Gasteiger partial charge in [-0.25, -0.2) is 0 Å². The van der Waals surface area contributed by atoms with Crippen LogP contribution in [0.2, 0.25) is 0 Å². The molecule has 6 rings (SSSR count). The van der Waals surface area contributed by atoms with E-state index in [1.165, 1.54) is 0 Å². The number of benzene rings is 6. The number of fused-ring (bicyclic) bond motifs is 4. The molecule has 0 N–H and O–H groups in total. The molecule has 0 aliphatic heterocycles. The van der Waals surface area contributed by atoms with E-state index >= 15 is 0 Å². The summed E-state index contributed by atoms with van der Waals surface area (Å²) >= 11 is 0. The van der Waals surface area contributed by atoms with Gasteiger partial charge in [0.25, 0.3) is 0 Å². The second-order valence-electron chi connectivity index (χ2n) is 10.1. The average molecular weight is 481 g/mol. The summed E-state index contributed by atoms with van der Waals surface area (Å²) < 4.78 is 0. The first-order valence-electron chi connectivity index (χ1n) is 12.8. The van der Waals surface area contributed by atoms with Gasteiger partial charge in [-0.1, -0.05) is 97.1 Å². The van der Waals surface area contributed by atoms with E-state index in [0.717, 1.165) is 54.2 Å². The first-order chi connectivity index (χ1) is 18.0. The van der Waals surface area contributed by atoms with Crippen molar-refractivity contribution in [2.75, 3.05) is 0 Å². The van der Waals surface area contributed by atoms with Crippen molar-refractivity contribution in [1.82, 2.24) is 0 Å². The van der Waals surface area contributed by atoms with E-state index in [-0.39, 0.29) is 11.6 Å². The number of hydrogen-bond acceptors (Lipinski definition) is 2. The summed E-state index contributed by atoms with van der Waals surface area (Å²) in [7, 11) is 0. The molecule has 2 heteroatoms. The molecule has 0 atom stereocenters. The Morgan fingerprint density at radius 2 is 0.757 bits per heavy atom. The van der Waals surface area contributed by atoms with Crippen molar-refractivity contribution < 1.29 is 9.59 Å². The van der Waals surface area contributed by atoms with Crippen molar-refractivity contribution in [3.8, 4) is 0 Å². The molecule has 6 aromatic rings. The molecule has 0 fully saturated rings. The van der Waals surface area contributed by atoms with E-state index in [0.29, 0.717) is 12.8 Å². The van der Waals surface area contributed by atoms with E-state index < -0.39 is 5.41 Å². The van der Waals surface area contributed by atoms with Crippen LogP contribution in [0.5, 0.6) is 0 Å². The van der Waals surface area contributed by atoms with Gasteiger partial charge in [-0.3, -0.25) is 9.59 Å². The van der Waals surface area contributed by atoms with Gasteiger partial charge in [-0.15, -0.1) is 0 Å². The van der Waals surface area contributed by atoms with Crippen LogP contribution in [-0.4, -0.2) is 11.6 Å². The molecule has 0 saturated carbocycles. The lowest BCUT2D eigenvalue weighted by Crippen LogP contribution is -2.41. The highest BCUT2D eigenvalue weighted by molar-refractivity contribution is 6.10. The van der Waals surface area contributed by atoms with Crippen LogP contribution < -0.4 is 0 Å². The number of carbonyl (C=O) groups is 2. The van der Waals surface area contributed by atoms with Crippen LogP contribution in [0.4, 0.5) is 0 Å². The molecule has 0 amide bonds. The van der Waals surface area contributed by atoms with Crippen molar-refractivity contribution in [2.45, 2.75) is 26.7 Å². The molecule has 0 bridgehead atoms. The van der Waals surface area contributed by atoms with E-state index in [9.17, 15) is 9.59 Å². The Bertz CT molecular complexity index is 1600. The Morgan fingerprint density at radius 1 is 0.486 bits per heavy atom. The Hall–Kier alpha value is -4.30. The van der Waals surface area contributed by atoms with Crippen LogP contribution in [0.3, 0.4) is 0 Å². The molecule has 0 radical (unpaired) electrons. The predicted octanol–water partition coefficient (Wildman–Crippen LogP) is 8.25. The quantitative estimate of drug-likeness (QED) is 0.178. The smallest absolute Gasteiger partial charge is 0.144 e. The third-order valence-corrected chi connectivity index (χ3v) is 8.07. The highest BCUT2D eigenvalue weighted by atomic mass is 16.2. The fourth-order valence-corrected chi connectivity index (χ4v) is 6.01. The summed E-state index contributed by atoms with van der Waals surface area (Å²) in [6.45, 7) is 3.17. The van der Waals surface area contributed by atoms with Crippen molar-refractivity contribution in [2.24, 2.45) is 5.41 Å². The van der Waals surface area contributed by atoms with Gasteiger partial charge in [0, 0.05) is 0 Å². The summed E-state index contributed by atoms with van der Waals surface area (Å²) in [6.07, 6.45) is 0.716. The van der Waals surface area contributed by atoms with Crippen molar-refractivity contribution in [3.05, 3.63) is 120 Å². The number of carbonyl (C=O) groups excluding carboxylic acids is 2. The summed E-state index contributed by atoms with van der Waals surface area (Å²) in [5.74, 6) is -0.178. The van der Waals surface area contributed by atoms with E-state index in [1.807, 2.05) is 48.5 Å². The molecule has 0 aliphatic carbocycles. The van der Waals surface area contributed by atoms with E-state index in [4.69, 9.17) is 0 Å². The predicted molar refractivity (Wildman–Crippen MR) is 154 cm³/mol. The fourth-order valence-electron chi connectivity index (χ4n) is 6.01. The zero-order chi connectivity index (χ0) is 25.6. The minimum Gasteiger partial charge on any atom is -0.299 e. The second kappa shape index (κ2) is 8.97. The highest BCUT2D eigenvalue weighted by Gasteiger charge is 2.42. The molecule has 0 aromatic heterocycles. The van der Waals surface area contributed by atoms with E-state index in [1.54, 1.807) is 13.8 Å². The van der Waals surface area contributed by atoms with Gasteiger partial charge < -0.3 is 0 Å². The van der Waals surface area contributed by atoms with Crippen LogP contribution >= 0.6 is 0 Å². The number of Topliss-reactive ketones (excluding diaryl/α,β-unsaturated/α-hetero) is 2. The zero-order valence-electron chi connectivity index (χ0n) is 21.1. The maximum Gasteiger partial charge on any atom is 0.144 e. The summed E-state index contributed by atoms with van der Waals surface area (Å²) in [5.41, 5.74) is 0.937. The summed E-state index contributed by atoms with van der Waals surface area (Å²) in [4.78, 5) is 27.3. The Balaban J connectivity index is 1.63. The molecule has 6 aromatic carbocycles. The van der Waals surface area contributed by atoms with Gasteiger partial charge in [0.15, 0.2) is 0 Å².